The van der Waals surface area contributed by atoms with Crippen molar-refractivity contribution in [1.82, 2.24) is 24.5 Å². The number of anilines is 2. The molecule has 0 bridgehead atoms. The molecule has 2 heterocycles. The van der Waals surface area contributed by atoms with Crippen LogP contribution >= 0.6 is 0 Å². The van der Waals surface area contributed by atoms with Crippen molar-refractivity contribution in [2.45, 2.75) is 6.92 Å². The molecule has 0 fully saturated rings. The lowest BCUT2D eigenvalue weighted by Gasteiger charge is -2.08. The Labute approximate surface area is 122 Å². The molecule has 9 nitrogen and oxygen atoms in total. The first-order valence-electron chi connectivity index (χ1n) is 6.40. The van der Waals surface area contributed by atoms with Crippen LogP contribution in [0.5, 0.6) is 0 Å². The molecular formula is C11H17N7O2S. The minimum absolute atomic E-state index is 0.0322. The topological polar surface area (TPSA) is 115 Å². The second-order valence-corrected chi connectivity index (χ2v) is 6.64. The molecule has 2 aromatic rings. The maximum absolute atomic E-state index is 11.4. The average molecular weight is 311 g/mol. The van der Waals surface area contributed by atoms with E-state index in [1.165, 1.54) is 0 Å². The molecule has 0 aliphatic rings. The summed E-state index contributed by atoms with van der Waals surface area (Å²) >= 11 is 0. The van der Waals surface area contributed by atoms with Gasteiger partial charge < -0.3 is 10.6 Å². The number of nitrogens with one attached hydrogen (secondary N) is 2. The van der Waals surface area contributed by atoms with Gasteiger partial charge in [0.15, 0.2) is 9.84 Å². The van der Waals surface area contributed by atoms with Gasteiger partial charge in [-0.25, -0.2) is 13.4 Å². The Hall–Kier alpha value is -2.23. The van der Waals surface area contributed by atoms with Gasteiger partial charge in [0.25, 0.3) is 0 Å². The maximum Gasteiger partial charge on any atom is 0.241 e. The third kappa shape index (κ3) is 4.12. The fourth-order valence-corrected chi connectivity index (χ4v) is 2.21. The molecule has 10 heteroatoms. The van der Waals surface area contributed by atoms with Crippen LogP contribution in [0, 0.1) is 0 Å². The lowest BCUT2D eigenvalue weighted by Crippen LogP contribution is -2.19. The van der Waals surface area contributed by atoms with Gasteiger partial charge in [0.05, 0.1) is 5.75 Å². The SMILES string of the molecule is CCS(=O)(=O)CCNc1nc(NC)nc(-n2ccnc2)n1. The Kier molecular flexibility index (Phi) is 4.68. The molecule has 0 saturated heterocycles. The minimum atomic E-state index is -3.02. The molecule has 0 aromatic carbocycles. The Bertz CT molecular complexity index is 685. The zero-order valence-corrected chi connectivity index (χ0v) is 12.6. The van der Waals surface area contributed by atoms with Crippen LogP contribution < -0.4 is 10.6 Å². The van der Waals surface area contributed by atoms with Crippen molar-refractivity contribution in [1.29, 1.82) is 0 Å². The van der Waals surface area contributed by atoms with E-state index >= 15 is 0 Å². The molecule has 2 rings (SSSR count). The van der Waals surface area contributed by atoms with Gasteiger partial charge in [0.1, 0.15) is 6.33 Å². The highest BCUT2D eigenvalue weighted by Gasteiger charge is 2.10. The number of rotatable bonds is 7. The fraction of sp³-hybridized carbons (Fsp3) is 0.455. The molecule has 114 valence electrons. The van der Waals surface area contributed by atoms with Crippen LogP contribution in [-0.4, -0.2) is 58.0 Å². The summed E-state index contributed by atoms with van der Waals surface area (Å²) in [4.78, 5) is 16.5. The molecule has 2 aromatic heterocycles. The third-order valence-electron chi connectivity index (χ3n) is 2.72. The molecule has 21 heavy (non-hydrogen) atoms. The van der Waals surface area contributed by atoms with E-state index in [4.69, 9.17) is 0 Å². The van der Waals surface area contributed by atoms with Crippen LogP contribution in [0.4, 0.5) is 11.9 Å². The molecule has 2 N–H and O–H groups in total. The minimum Gasteiger partial charge on any atom is -0.357 e. The van der Waals surface area contributed by atoms with Crippen molar-refractivity contribution in [2.75, 3.05) is 35.7 Å². The summed E-state index contributed by atoms with van der Waals surface area (Å²) in [5.41, 5.74) is 0. The molecule has 0 atom stereocenters. The molecule has 0 aliphatic carbocycles. The van der Waals surface area contributed by atoms with E-state index in [9.17, 15) is 8.42 Å². The smallest absolute Gasteiger partial charge is 0.241 e. The summed E-state index contributed by atoms with van der Waals surface area (Å²) in [7, 11) is -1.33. The second kappa shape index (κ2) is 6.48. The highest BCUT2D eigenvalue weighted by Crippen LogP contribution is 2.08. The first-order valence-corrected chi connectivity index (χ1v) is 8.22. The molecular weight excluding hydrogens is 294 g/mol. The predicted octanol–water partition coefficient (Wildman–Crippen LogP) is -0.0544. The zero-order valence-electron chi connectivity index (χ0n) is 11.8. The van der Waals surface area contributed by atoms with Crippen LogP contribution in [0.1, 0.15) is 6.92 Å². The van der Waals surface area contributed by atoms with Crippen molar-refractivity contribution < 1.29 is 8.42 Å². The molecule has 0 spiro atoms. The highest BCUT2D eigenvalue weighted by atomic mass is 32.2. The van der Waals surface area contributed by atoms with E-state index in [2.05, 4.69) is 30.6 Å². The van der Waals surface area contributed by atoms with Gasteiger partial charge in [0.2, 0.25) is 17.8 Å². The van der Waals surface area contributed by atoms with Gasteiger partial charge in [-0.15, -0.1) is 0 Å². The van der Waals surface area contributed by atoms with Crippen molar-refractivity contribution in [3.63, 3.8) is 0 Å². The van der Waals surface area contributed by atoms with E-state index in [-0.39, 0.29) is 18.1 Å². The number of aromatic nitrogens is 5. The number of hydrogen-bond acceptors (Lipinski definition) is 8. The average Bonchev–Trinajstić information content (AvgIpc) is 3.01. The largest absolute Gasteiger partial charge is 0.357 e. The van der Waals surface area contributed by atoms with Crippen LogP contribution in [-0.2, 0) is 9.84 Å². The number of sulfone groups is 1. The maximum atomic E-state index is 11.4. The monoisotopic (exact) mass is 311 g/mol. The standard InChI is InChI=1S/C11H17N7O2S/c1-3-21(19,20)7-5-14-10-15-9(12-2)16-11(17-10)18-6-4-13-8-18/h4,6,8H,3,5,7H2,1-2H3,(H2,12,14,15,16,17). The van der Waals surface area contributed by atoms with E-state index in [1.807, 2.05) is 0 Å². The van der Waals surface area contributed by atoms with E-state index < -0.39 is 9.84 Å². The molecule has 0 amide bonds. The first kappa shape index (κ1) is 15.2. The van der Waals surface area contributed by atoms with E-state index in [1.54, 1.807) is 37.3 Å². The predicted molar refractivity (Wildman–Crippen MR) is 79.3 cm³/mol. The number of hydrogen-bond donors (Lipinski definition) is 2. The Morgan fingerprint density at radius 3 is 2.62 bits per heavy atom. The summed E-state index contributed by atoms with van der Waals surface area (Å²) in [5, 5.41) is 5.73. The molecule has 0 radical (unpaired) electrons. The van der Waals surface area contributed by atoms with Crippen molar-refractivity contribution in [3.05, 3.63) is 18.7 Å². The quantitative estimate of drug-likeness (QED) is 0.731. The number of imidazole rings is 1. The lowest BCUT2D eigenvalue weighted by molar-refractivity contribution is 0.597. The number of nitrogens with zero attached hydrogens (tertiary/aromatic N) is 5. The van der Waals surface area contributed by atoms with Gasteiger partial charge >= 0.3 is 0 Å². The van der Waals surface area contributed by atoms with Crippen LogP contribution in [0.3, 0.4) is 0 Å². The highest BCUT2D eigenvalue weighted by molar-refractivity contribution is 7.91. The van der Waals surface area contributed by atoms with Crippen LogP contribution in [0.2, 0.25) is 0 Å². The zero-order chi connectivity index (χ0) is 15.3. The van der Waals surface area contributed by atoms with Crippen molar-refractivity contribution in [2.24, 2.45) is 0 Å². The van der Waals surface area contributed by atoms with Crippen LogP contribution in [0.25, 0.3) is 5.95 Å². The lowest BCUT2D eigenvalue weighted by atomic mass is 10.7. The third-order valence-corrected chi connectivity index (χ3v) is 4.42. The van der Waals surface area contributed by atoms with Crippen molar-refractivity contribution >= 4 is 21.7 Å². The van der Waals surface area contributed by atoms with E-state index in [0.717, 1.165) is 0 Å². The first-order chi connectivity index (χ1) is 10.0. The summed E-state index contributed by atoms with van der Waals surface area (Å²) in [6.07, 6.45) is 4.89. The summed E-state index contributed by atoms with van der Waals surface area (Å²) in [6.45, 7) is 1.86. The fourth-order valence-electron chi connectivity index (χ4n) is 1.51. The summed E-state index contributed by atoms with van der Waals surface area (Å²) < 4.78 is 24.5. The van der Waals surface area contributed by atoms with Gasteiger partial charge in [-0.2, -0.15) is 15.0 Å². The summed E-state index contributed by atoms with van der Waals surface area (Å²) in [6, 6.07) is 0. The molecule has 0 aliphatic heterocycles. The Balaban J connectivity index is 2.14. The Morgan fingerprint density at radius 1 is 1.24 bits per heavy atom. The summed E-state index contributed by atoms with van der Waals surface area (Å²) in [5.74, 6) is 1.24. The second-order valence-electron chi connectivity index (χ2n) is 4.17. The normalized spacial score (nSPS) is 11.3. The van der Waals surface area contributed by atoms with Gasteiger partial charge in [0, 0.05) is 31.7 Å². The molecule has 0 unspecified atom stereocenters. The van der Waals surface area contributed by atoms with Crippen molar-refractivity contribution in [3.8, 4) is 5.95 Å². The van der Waals surface area contributed by atoms with Gasteiger partial charge in [-0.1, -0.05) is 6.92 Å². The molecule has 0 saturated carbocycles. The van der Waals surface area contributed by atoms with E-state index in [0.29, 0.717) is 17.8 Å². The van der Waals surface area contributed by atoms with Gasteiger partial charge in [-0.05, 0) is 0 Å². The van der Waals surface area contributed by atoms with Crippen LogP contribution in [0.15, 0.2) is 18.7 Å². The Morgan fingerprint density at radius 2 is 2.00 bits per heavy atom. The van der Waals surface area contributed by atoms with Gasteiger partial charge in [-0.3, -0.25) is 4.57 Å².